The number of hydrogen-bond donors (Lipinski definition) is 2. The summed E-state index contributed by atoms with van der Waals surface area (Å²) in [5, 5.41) is 3.14. The number of benzene rings is 1. The highest BCUT2D eigenvalue weighted by molar-refractivity contribution is 5.81. The van der Waals surface area contributed by atoms with Crippen LogP contribution in [0.25, 0.3) is 10.9 Å². The van der Waals surface area contributed by atoms with E-state index in [1.807, 2.05) is 4.90 Å². The molecule has 4 rings (SSSR count). The van der Waals surface area contributed by atoms with Crippen LogP contribution in [-0.4, -0.2) is 40.4 Å². The summed E-state index contributed by atoms with van der Waals surface area (Å²) in [7, 11) is 0. The van der Waals surface area contributed by atoms with Gasteiger partial charge in [0.15, 0.2) is 0 Å². The van der Waals surface area contributed by atoms with Crippen molar-refractivity contribution >= 4 is 22.8 Å². The van der Waals surface area contributed by atoms with Crippen LogP contribution >= 0.6 is 0 Å². The van der Waals surface area contributed by atoms with Crippen LogP contribution in [0.3, 0.4) is 0 Å². The molecule has 0 atom stereocenters. The van der Waals surface area contributed by atoms with Crippen molar-refractivity contribution in [2.75, 3.05) is 25.0 Å². The van der Waals surface area contributed by atoms with Crippen molar-refractivity contribution in [3.8, 4) is 0 Å². The SMILES string of the molecule is O=C(C1CC1)N1CCC(CNc2nc3cccc(F)c3c(=O)[nH]2)CC1. The summed E-state index contributed by atoms with van der Waals surface area (Å²) in [6.45, 7) is 2.28. The summed E-state index contributed by atoms with van der Waals surface area (Å²) in [4.78, 5) is 33.0. The van der Waals surface area contributed by atoms with E-state index in [2.05, 4.69) is 15.3 Å². The molecule has 0 radical (unpaired) electrons. The Morgan fingerprint density at radius 1 is 1.28 bits per heavy atom. The number of piperidine rings is 1. The lowest BCUT2D eigenvalue weighted by atomic mass is 9.96. The smallest absolute Gasteiger partial charge is 0.263 e. The van der Waals surface area contributed by atoms with E-state index in [0.29, 0.717) is 29.8 Å². The molecule has 7 heteroatoms. The number of likely N-dealkylation sites (tertiary alicyclic amines) is 1. The van der Waals surface area contributed by atoms with Crippen LogP contribution in [-0.2, 0) is 4.79 Å². The van der Waals surface area contributed by atoms with Crippen molar-refractivity contribution in [3.63, 3.8) is 0 Å². The normalized spacial score (nSPS) is 18.5. The van der Waals surface area contributed by atoms with Gasteiger partial charge >= 0.3 is 0 Å². The lowest BCUT2D eigenvalue weighted by Crippen LogP contribution is -2.40. The summed E-state index contributed by atoms with van der Waals surface area (Å²) in [5.74, 6) is 0.817. The van der Waals surface area contributed by atoms with Crippen molar-refractivity contribution in [2.24, 2.45) is 11.8 Å². The zero-order valence-electron chi connectivity index (χ0n) is 13.9. The number of carbonyl (C=O) groups excluding carboxylic acids is 1. The second-order valence-electron chi connectivity index (χ2n) is 6.97. The minimum Gasteiger partial charge on any atom is -0.355 e. The third-order valence-electron chi connectivity index (χ3n) is 5.09. The molecule has 1 aliphatic carbocycles. The molecule has 0 unspecified atom stereocenters. The fraction of sp³-hybridized carbons (Fsp3) is 0.500. The van der Waals surface area contributed by atoms with Gasteiger partial charge in [0, 0.05) is 25.6 Å². The van der Waals surface area contributed by atoms with Crippen LogP contribution in [0.1, 0.15) is 25.7 Å². The molecule has 2 aromatic rings. The first-order chi connectivity index (χ1) is 12.1. The van der Waals surface area contributed by atoms with Crippen LogP contribution in [0, 0.1) is 17.7 Å². The molecule has 2 heterocycles. The topological polar surface area (TPSA) is 78.1 Å². The molecular formula is C18H21FN4O2. The van der Waals surface area contributed by atoms with E-state index in [9.17, 15) is 14.0 Å². The Kier molecular flexibility index (Phi) is 4.15. The number of aromatic amines is 1. The number of carbonyl (C=O) groups is 1. The maximum Gasteiger partial charge on any atom is 0.263 e. The number of nitrogens with zero attached hydrogens (tertiary/aromatic N) is 2. The van der Waals surface area contributed by atoms with Gasteiger partial charge in [-0.1, -0.05) is 6.07 Å². The predicted molar refractivity (Wildman–Crippen MR) is 92.8 cm³/mol. The van der Waals surface area contributed by atoms with E-state index in [-0.39, 0.29) is 11.3 Å². The molecule has 1 amide bonds. The molecule has 2 fully saturated rings. The van der Waals surface area contributed by atoms with Gasteiger partial charge in [-0.25, -0.2) is 9.37 Å². The standard InChI is InChI=1S/C18H21FN4O2/c19-13-2-1-3-14-15(13)16(24)22-18(21-14)20-10-11-6-8-23(9-7-11)17(25)12-4-5-12/h1-3,11-12H,4-10H2,(H2,20,21,22,24). The maximum atomic E-state index is 13.7. The second-order valence-corrected chi connectivity index (χ2v) is 6.97. The number of H-pyrrole nitrogens is 1. The zero-order valence-corrected chi connectivity index (χ0v) is 13.9. The van der Waals surface area contributed by atoms with Gasteiger partial charge in [0.2, 0.25) is 11.9 Å². The van der Waals surface area contributed by atoms with Crippen molar-refractivity contribution in [1.29, 1.82) is 0 Å². The molecule has 25 heavy (non-hydrogen) atoms. The summed E-state index contributed by atoms with van der Waals surface area (Å²) < 4.78 is 13.7. The highest BCUT2D eigenvalue weighted by Gasteiger charge is 2.34. The maximum absolute atomic E-state index is 13.7. The molecule has 2 N–H and O–H groups in total. The van der Waals surface area contributed by atoms with Crippen LogP contribution in [0.15, 0.2) is 23.0 Å². The van der Waals surface area contributed by atoms with Crippen molar-refractivity contribution in [3.05, 3.63) is 34.4 Å². The van der Waals surface area contributed by atoms with Gasteiger partial charge in [0.05, 0.1) is 5.52 Å². The van der Waals surface area contributed by atoms with Gasteiger partial charge in [-0.2, -0.15) is 0 Å². The van der Waals surface area contributed by atoms with Crippen LogP contribution in [0.2, 0.25) is 0 Å². The fourth-order valence-corrected chi connectivity index (χ4v) is 3.42. The average molecular weight is 344 g/mol. The van der Waals surface area contributed by atoms with Gasteiger partial charge in [0.25, 0.3) is 5.56 Å². The fourth-order valence-electron chi connectivity index (χ4n) is 3.42. The van der Waals surface area contributed by atoms with Crippen molar-refractivity contribution in [2.45, 2.75) is 25.7 Å². The molecule has 1 saturated carbocycles. The van der Waals surface area contributed by atoms with E-state index >= 15 is 0 Å². The largest absolute Gasteiger partial charge is 0.355 e. The quantitative estimate of drug-likeness (QED) is 0.891. The molecule has 0 spiro atoms. The third-order valence-corrected chi connectivity index (χ3v) is 5.09. The van der Waals surface area contributed by atoms with Gasteiger partial charge in [0.1, 0.15) is 11.2 Å². The molecule has 0 bridgehead atoms. The Labute approximate surface area is 144 Å². The number of amides is 1. The van der Waals surface area contributed by atoms with E-state index in [1.165, 1.54) is 6.07 Å². The highest BCUT2D eigenvalue weighted by atomic mass is 19.1. The summed E-state index contributed by atoms with van der Waals surface area (Å²) >= 11 is 0. The van der Waals surface area contributed by atoms with Crippen LogP contribution in [0.5, 0.6) is 0 Å². The minimum absolute atomic E-state index is 0.0139. The van der Waals surface area contributed by atoms with E-state index in [4.69, 9.17) is 0 Å². The Morgan fingerprint density at radius 2 is 2.04 bits per heavy atom. The number of aromatic nitrogens is 2. The number of hydrogen-bond acceptors (Lipinski definition) is 4. The minimum atomic E-state index is -0.564. The number of halogens is 1. The van der Waals surface area contributed by atoms with Gasteiger partial charge in [-0.3, -0.25) is 14.6 Å². The molecule has 1 saturated heterocycles. The lowest BCUT2D eigenvalue weighted by molar-refractivity contribution is -0.133. The zero-order chi connectivity index (χ0) is 17.4. The highest BCUT2D eigenvalue weighted by Crippen LogP contribution is 2.32. The molecule has 132 valence electrons. The third kappa shape index (κ3) is 3.36. The first kappa shape index (κ1) is 16.1. The van der Waals surface area contributed by atoms with Gasteiger partial charge in [-0.05, 0) is 43.7 Å². The monoisotopic (exact) mass is 344 g/mol. The molecule has 6 nitrogen and oxygen atoms in total. The van der Waals surface area contributed by atoms with E-state index in [1.54, 1.807) is 12.1 Å². The lowest BCUT2D eigenvalue weighted by Gasteiger charge is -2.32. The van der Waals surface area contributed by atoms with Gasteiger partial charge in [-0.15, -0.1) is 0 Å². The van der Waals surface area contributed by atoms with Gasteiger partial charge < -0.3 is 10.2 Å². The van der Waals surface area contributed by atoms with Crippen LogP contribution < -0.4 is 10.9 Å². The number of rotatable bonds is 4. The summed E-state index contributed by atoms with van der Waals surface area (Å²) in [6.07, 6.45) is 3.97. The Morgan fingerprint density at radius 3 is 2.76 bits per heavy atom. The van der Waals surface area contributed by atoms with E-state index in [0.717, 1.165) is 38.8 Å². The number of anilines is 1. The Bertz CT molecular complexity index is 854. The molecule has 2 aliphatic rings. The Hall–Kier alpha value is -2.44. The molecular weight excluding hydrogens is 323 g/mol. The average Bonchev–Trinajstić information content (AvgIpc) is 3.45. The molecule has 1 aromatic heterocycles. The summed E-state index contributed by atoms with van der Waals surface area (Å²) in [6, 6.07) is 4.42. The Balaban J connectivity index is 1.37. The van der Waals surface area contributed by atoms with Crippen LogP contribution in [0.4, 0.5) is 10.3 Å². The van der Waals surface area contributed by atoms with Crippen molar-refractivity contribution in [1.82, 2.24) is 14.9 Å². The second kappa shape index (κ2) is 6.46. The first-order valence-electron chi connectivity index (χ1n) is 8.83. The summed E-state index contributed by atoms with van der Waals surface area (Å²) in [5.41, 5.74) is -0.133. The molecule has 1 aliphatic heterocycles. The van der Waals surface area contributed by atoms with Crippen molar-refractivity contribution < 1.29 is 9.18 Å². The molecule has 1 aromatic carbocycles. The first-order valence-corrected chi connectivity index (χ1v) is 8.83. The number of nitrogens with one attached hydrogen (secondary N) is 2. The number of fused-ring (bicyclic) bond motifs is 1. The predicted octanol–water partition coefficient (Wildman–Crippen LogP) is 2.12. The van der Waals surface area contributed by atoms with E-state index < -0.39 is 11.4 Å².